The summed E-state index contributed by atoms with van der Waals surface area (Å²) in [5.41, 5.74) is 0. The molecule has 1 unspecified atom stereocenters. The molecule has 1 saturated heterocycles. The van der Waals surface area contributed by atoms with Gasteiger partial charge in [-0.1, -0.05) is 0 Å². The monoisotopic (exact) mass is 215 g/mol. The second-order valence-electron chi connectivity index (χ2n) is 3.34. The van der Waals surface area contributed by atoms with Crippen LogP contribution in [0.1, 0.15) is 0 Å². The number of aliphatic hydroxyl groups is 3. The summed E-state index contributed by atoms with van der Waals surface area (Å²) in [7, 11) is 0. The number of ether oxygens (including phenoxy) is 1. The van der Waals surface area contributed by atoms with Crippen LogP contribution in [-0.4, -0.2) is 56.4 Å². The fourth-order valence-electron chi connectivity index (χ4n) is 1.50. The van der Waals surface area contributed by atoms with Crippen molar-refractivity contribution in [2.45, 2.75) is 24.5 Å². The largest absolute Gasteiger partial charge is 0.394 e. The molecule has 1 fully saturated rings. The Bertz CT molecular complexity index is 305. The zero-order valence-electron chi connectivity index (χ0n) is 7.87. The lowest BCUT2D eigenvalue weighted by Crippen LogP contribution is -2.36. The molecule has 0 aliphatic carbocycles. The van der Waals surface area contributed by atoms with Gasteiger partial charge in [0.25, 0.3) is 0 Å². The Hall–Kier alpha value is -1.15. The van der Waals surface area contributed by atoms with Gasteiger partial charge in [-0.15, -0.1) is 0 Å². The van der Waals surface area contributed by atoms with E-state index in [4.69, 9.17) is 9.84 Å². The van der Waals surface area contributed by atoms with Gasteiger partial charge in [0, 0.05) is 12.4 Å². The van der Waals surface area contributed by atoms with Crippen molar-refractivity contribution in [1.82, 2.24) is 9.97 Å². The van der Waals surface area contributed by atoms with Crippen molar-refractivity contribution >= 4 is 5.95 Å². The molecule has 2 rings (SSSR count). The van der Waals surface area contributed by atoms with E-state index in [0.717, 1.165) is 0 Å². The zero-order valence-corrected chi connectivity index (χ0v) is 7.87. The molecule has 0 bridgehead atoms. The van der Waals surface area contributed by atoms with Gasteiger partial charge in [0.05, 0.1) is 6.61 Å². The molecule has 0 saturated carbocycles. The number of hydrogen-bond donors (Lipinski definition) is 5. The summed E-state index contributed by atoms with van der Waals surface area (Å²) >= 11 is 0. The highest BCUT2D eigenvalue weighted by atomic mass is 16.6. The molecule has 0 amide bonds. The van der Waals surface area contributed by atoms with Crippen LogP contribution in [0.5, 0.6) is 0 Å². The fraction of sp³-hybridized carbons (Fsp3) is 0.625. The van der Waals surface area contributed by atoms with E-state index in [0.29, 0.717) is 5.95 Å². The normalized spacial score (nSPS) is 35.7. The lowest BCUT2D eigenvalue weighted by molar-refractivity contribution is -0.0154. The molecular weight excluding hydrogens is 202 g/mol. The minimum atomic E-state index is -1.09. The Morgan fingerprint density at radius 1 is 1.47 bits per heavy atom. The maximum absolute atomic E-state index is 9.57. The summed E-state index contributed by atoms with van der Waals surface area (Å²) in [5, 5.41) is 30.6. The Balaban J connectivity index is 1.99. The van der Waals surface area contributed by atoms with Crippen LogP contribution in [0.15, 0.2) is 12.4 Å². The lowest BCUT2D eigenvalue weighted by Gasteiger charge is -2.15. The van der Waals surface area contributed by atoms with E-state index in [-0.39, 0.29) is 6.61 Å². The molecule has 1 aromatic rings. The van der Waals surface area contributed by atoms with Crippen LogP contribution in [0, 0.1) is 0 Å². The minimum Gasteiger partial charge on any atom is -0.394 e. The predicted molar refractivity (Wildman–Crippen MR) is 50.0 cm³/mol. The van der Waals surface area contributed by atoms with Gasteiger partial charge in [0.15, 0.2) is 6.23 Å². The quantitative estimate of drug-likeness (QED) is 0.409. The Kier molecular flexibility index (Phi) is 2.87. The van der Waals surface area contributed by atoms with E-state index in [1.807, 2.05) is 0 Å². The third-order valence-corrected chi connectivity index (χ3v) is 2.32. The van der Waals surface area contributed by atoms with Gasteiger partial charge in [-0.2, -0.15) is 0 Å². The van der Waals surface area contributed by atoms with E-state index >= 15 is 0 Å². The van der Waals surface area contributed by atoms with Crippen molar-refractivity contribution in [2.75, 3.05) is 11.9 Å². The summed E-state index contributed by atoms with van der Waals surface area (Å²) in [6, 6.07) is 0. The third-order valence-electron chi connectivity index (χ3n) is 2.32. The van der Waals surface area contributed by atoms with E-state index in [1.54, 1.807) is 12.4 Å². The van der Waals surface area contributed by atoms with E-state index in [9.17, 15) is 10.2 Å². The van der Waals surface area contributed by atoms with E-state index in [1.165, 1.54) is 0 Å². The molecule has 0 spiro atoms. The molecule has 4 atom stereocenters. The predicted octanol–water partition coefficient (Wildman–Crippen LogP) is -1.74. The number of hydrogen-bond acceptors (Lipinski definition) is 6. The van der Waals surface area contributed by atoms with Crippen molar-refractivity contribution < 1.29 is 20.1 Å². The molecule has 1 aliphatic rings. The standard InChI is InChI=1S/C8H13N3O4/c12-3-4-5(13)6(14)7(15-4)11-8-9-1-2-10-8/h1-2,4-7,12-14H,3H2,(H2,9,10,11)/t4-,5-,6-,7?/m1/s1. The van der Waals surface area contributed by atoms with Crippen LogP contribution >= 0.6 is 0 Å². The molecule has 0 radical (unpaired) electrons. The minimum absolute atomic E-state index is 0.339. The number of anilines is 1. The molecule has 15 heavy (non-hydrogen) atoms. The van der Waals surface area contributed by atoms with Crippen LogP contribution < -0.4 is 5.32 Å². The molecule has 2 heterocycles. The second-order valence-corrected chi connectivity index (χ2v) is 3.34. The first-order valence-corrected chi connectivity index (χ1v) is 4.60. The summed E-state index contributed by atoms with van der Waals surface area (Å²) < 4.78 is 5.19. The maximum Gasteiger partial charge on any atom is 0.202 e. The van der Waals surface area contributed by atoms with Crippen LogP contribution in [0.4, 0.5) is 5.95 Å². The molecule has 5 N–H and O–H groups in total. The number of aromatic amines is 1. The van der Waals surface area contributed by atoms with Crippen LogP contribution in [-0.2, 0) is 4.74 Å². The highest BCUT2D eigenvalue weighted by Gasteiger charge is 2.42. The highest BCUT2D eigenvalue weighted by molar-refractivity contribution is 5.25. The molecule has 1 aliphatic heterocycles. The summed E-state index contributed by atoms with van der Waals surface area (Å²) in [4.78, 5) is 6.66. The smallest absolute Gasteiger partial charge is 0.202 e. The first-order valence-electron chi connectivity index (χ1n) is 4.60. The highest BCUT2D eigenvalue weighted by Crippen LogP contribution is 2.21. The number of rotatable bonds is 3. The lowest BCUT2D eigenvalue weighted by atomic mass is 10.1. The SMILES string of the molecule is OC[C@H]1OC(Nc2ncc[nH]2)[C@H](O)[C@@H]1O. The Morgan fingerprint density at radius 3 is 2.80 bits per heavy atom. The second kappa shape index (κ2) is 4.15. The molecule has 0 aromatic carbocycles. The Labute approximate surface area is 85.7 Å². The summed E-state index contributed by atoms with van der Waals surface area (Å²) in [6.07, 6.45) is -0.571. The van der Waals surface area contributed by atoms with Gasteiger partial charge in [0.2, 0.25) is 5.95 Å². The first-order chi connectivity index (χ1) is 7.22. The molecular formula is C8H13N3O4. The molecule has 7 heteroatoms. The van der Waals surface area contributed by atoms with Gasteiger partial charge in [-0.3, -0.25) is 0 Å². The van der Waals surface area contributed by atoms with Gasteiger partial charge in [0.1, 0.15) is 18.3 Å². The average molecular weight is 215 g/mol. The van der Waals surface area contributed by atoms with Crippen molar-refractivity contribution in [3.8, 4) is 0 Å². The number of imidazole rings is 1. The first kappa shape index (κ1) is 10.4. The van der Waals surface area contributed by atoms with Crippen molar-refractivity contribution in [1.29, 1.82) is 0 Å². The topological polar surface area (TPSA) is 111 Å². The van der Waals surface area contributed by atoms with Crippen molar-refractivity contribution in [3.63, 3.8) is 0 Å². The number of aromatic nitrogens is 2. The number of H-pyrrole nitrogens is 1. The van der Waals surface area contributed by atoms with Gasteiger partial charge >= 0.3 is 0 Å². The molecule has 7 nitrogen and oxygen atoms in total. The molecule has 1 aromatic heterocycles. The van der Waals surface area contributed by atoms with Crippen molar-refractivity contribution in [2.24, 2.45) is 0 Å². The van der Waals surface area contributed by atoms with Crippen LogP contribution in [0.2, 0.25) is 0 Å². The third kappa shape index (κ3) is 1.95. The van der Waals surface area contributed by atoms with E-state index in [2.05, 4.69) is 15.3 Å². The van der Waals surface area contributed by atoms with E-state index < -0.39 is 24.5 Å². The number of aliphatic hydroxyl groups excluding tert-OH is 3. The number of nitrogens with one attached hydrogen (secondary N) is 2. The summed E-state index contributed by atoms with van der Waals surface area (Å²) in [6.45, 7) is -0.339. The summed E-state index contributed by atoms with van der Waals surface area (Å²) in [5.74, 6) is 0.435. The average Bonchev–Trinajstić information content (AvgIpc) is 2.82. The van der Waals surface area contributed by atoms with Crippen LogP contribution in [0.25, 0.3) is 0 Å². The molecule has 84 valence electrons. The number of nitrogens with zero attached hydrogens (tertiary/aromatic N) is 1. The van der Waals surface area contributed by atoms with Gasteiger partial charge in [-0.25, -0.2) is 4.98 Å². The zero-order chi connectivity index (χ0) is 10.8. The van der Waals surface area contributed by atoms with Crippen molar-refractivity contribution in [3.05, 3.63) is 12.4 Å². The van der Waals surface area contributed by atoms with Gasteiger partial charge < -0.3 is 30.4 Å². The van der Waals surface area contributed by atoms with Gasteiger partial charge in [-0.05, 0) is 0 Å². The maximum atomic E-state index is 9.57. The van der Waals surface area contributed by atoms with Crippen LogP contribution in [0.3, 0.4) is 0 Å². The fourth-order valence-corrected chi connectivity index (χ4v) is 1.50. The Morgan fingerprint density at radius 2 is 2.27 bits per heavy atom.